The van der Waals surface area contributed by atoms with Gasteiger partial charge in [0.2, 0.25) is 0 Å². The number of ether oxygens (including phenoxy) is 2. The lowest BCUT2D eigenvalue weighted by molar-refractivity contribution is -0.120. The first-order valence-corrected chi connectivity index (χ1v) is 13.2. The highest BCUT2D eigenvalue weighted by molar-refractivity contribution is 5.89. The first kappa shape index (κ1) is 31.8. The molecular formula is C30H43N3O6. The SMILES string of the molecule is CC(C)(C)OC(=O)N[C@@H](Cc1ccccc1)C(=O)CNC[C@@H](O)[C@H](Cc1ccccc1)NC(=O)OC(C)(C)C. The molecule has 0 heterocycles. The molecule has 214 valence electrons. The summed E-state index contributed by atoms with van der Waals surface area (Å²) in [6, 6.07) is 17.3. The third-order valence-corrected chi connectivity index (χ3v) is 5.48. The molecule has 0 fully saturated rings. The molecule has 0 aliphatic carbocycles. The highest BCUT2D eigenvalue weighted by Gasteiger charge is 2.27. The fourth-order valence-electron chi connectivity index (χ4n) is 3.76. The molecule has 0 saturated carbocycles. The van der Waals surface area contributed by atoms with E-state index in [-0.39, 0.29) is 18.9 Å². The molecule has 9 nitrogen and oxygen atoms in total. The zero-order valence-electron chi connectivity index (χ0n) is 23.8. The Morgan fingerprint density at radius 2 is 1.21 bits per heavy atom. The Kier molecular flexibility index (Phi) is 11.9. The van der Waals surface area contributed by atoms with E-state index in [2.05, 4.69) is 16.0 Å². The molecule has 0 unspecified atom stereocenters. The van der Waals surface area contributed by atoms with Crippen LogP contribution in [0.5, 0.6) is 0 Å². The monoisotopic (exact) mass is 541 g/mol. The fraction of sp³-hybridized carbons (Fsp3) is 0.500. The number of hydrogen-bond donors (Lipinski definition) is 4. The van der Waals surface area contributed by atoms with Gasteiger partial charge in [-0.25, -0.2) is 9.59 Å². The van der Waals surface area contributed by atoms with Gasteiger partial charge in [-0.1, -0.05) is 60.7 Å². The van der Waals surface area contributed by atoms with Gasteiger partial charge in [-0.3, -0.25) is 4.79 Å². The van der Waals surface area contributed by atoms with Crippen molar-refractivity contribution in [2.45, 2.75) is 83.8 Å². The van der Waals surface area contributed by atoms with Crippen molar-refractivity contribution in [3.63, 3.8) is 0 Å². The minimum absolute atomic E-state index is 0.0313. The Morgan fingerprint density at radius 3 is 1.69 bits per heavy atom. The van der Waals surface area contributed by atoms with E-state index in [1.165, 1.54) is 0 Å². The average molecular weight is 542 g/mol. The number of amides is 2. The number of carbonyl (C=O) groups is 3. The maximum atomic E-state index is 13.1. The largest absolute Gasteiger partial charge is 0.444 e. The van der Waals surface area contributed by atoms with Crippen LogP contribution in [0, 0.1) is 0 Å². The minimum atomic E-state index is -1.02. The molecule has 2 rings (SSSR count). The van der Waals surface area contributed by atoms with Gasteiger partial charge in [-0.2, -0.15) is 0 Å². The van der Waals surface area contributed by atoms with Crippen LogP contribution >= 0.6 is 0 Å². The third kappa shape index (κ3) is 13.3. The molecule has 0 bridgehead atoms. The van der Waals surface area contributed by atoms with Crippen molar-refractivity contribution >= 4 is 18.0 Å². The van der Waals surface area contributed by atoms with Crippen molar-refractivity contribution in [1.29, 1.82) is 0 Å². The molecule has 0 saturated heterocycles. The van der Waals surface area contributed by atoms with Crippen molar-refractivity contribution in [1.82, 2.24) is 16.0 Å². The summed E-state index contributed by atoms with van der Waals surface area (Å²) in [4.78, 5) is 38.0. The second-order valence-corrected chi connectivity index (χ2v) is 11.5. The lowest BCUT2D eigenvalue weighted by Crippen LogP contribution is -2.51. The molecule has 0 aromatic heterocycles. The fourth-order valence-corrected chi connectivity index (χ4v) is 3.76. The summed E-state index contributed by atoms with van der Waals surface area (Å²) in [5, 5.41) is 19.4. The number of hydrogen-bond acceptors (Lipinski definition) is 7. The Morgan fingerprint density at radius 1 is 0.744 bits per heavy atom. The lowest BCUT2D eigenvalue weighted by atomic mass is 10.0. The Hall–Kier alpha value is -3.43. The van der Waals surface area contributed by atoms with Crippen LogP contribution in [0.15, 0.2) is 60.7 Å². The van der Waals surface area contributed by atoms with Crippen LogP contribution in [0.4, 0.5) is 9.59 Å². The van der Waals surface area contributed by atoms with Gasteiger partial charge in [0.25, 0.3) is 0 Å². The van der Waals surface area contributed by atoms with Gasteiger partial charge in [0, 0.05) is 6.54 Å². The Bertz CT molecular complexity index is 1050. The van der Waals surface area contributed by atoms with Crippen LogP contribution in [0.1, 0.15) is 52.7 Å². The smallest absolute Gasteiger partial charge is 0.408 e. The molecule has 2 aromatic carbocycles. The topological polar surface area (TPSA) is 126 Å². The van der Waals surface area contributed by atoms with Gasteiger partial charge in [0.1, 0.15) is 11.2 Å². The number of aliphatic hydroxyl groups excluding tert-OH is 1. The van der Waals surface area contributed by atoms with E-state index in [1.54, 1.807) is 41.5 Å². The van der Waals surface area contributed by atoms with Gasteiger partial charge in [0.15, 0.2) is 5.78 Å². The first-order chi connectivity index (χ1) is 18.2. The van der Waals surface area contributed by atoms with Crippen LogP contribution in [-0.4, -0.2) is 65.6 Å². The number of Topliss-reactive ketones (excluding diaryl/α,β-unsaturated/α-hetero) is 1. The summed E-state index contributed by atoms with van der Waals surface area (Å²) in [7, 11) is 0. The van der Waals surface area contributed by atoms with Crippen LogP contribution < -0.4 is 16.0 Å². The van der Waals surface area contributed by atoms with E-state index in [9.17, 15) is 19.5 Å². The Balaban J connectivity index is 2.03. The molecule has 0 spiro atoms. The summed E-state index contributed by atoms with van der Waals surface area (Å²) >= 11 is 0. The van der Waals surface area contributed by atoms with Gasteiger partial charge in [-0.05, 0) is 65.5 Å². The number of aliphatic hydroxyl groups is 1. The molecular weight excluding hydrogens is 498 g/mol. The quantitative estimate of drug-likeness (QED) is 0.322. The lowest BCUT2D eigenvalue weighted by Gasteiger charge is -2.27. The van der Waals surface area contributed by atoms with Crippen molar-refractivity contribution in [3.05, 3.63) is 71.8 Å². The van der Waals surface area contributed by atoms with E-state index >= 15 is 0 Å². The predicted octanol–water partition coefficient (Wildman–Crippen LogP) is 3.78. The summed E-state index contributed by atoms with van der Waals surface area (Å²) in [6.07, 6.45) is -1.67. The molecule has 4 N–H and O–H groups in total. The van der Waals surface area contributed by atoms with Gasteiger partial charge in [-0.15, -0.1) is 0 Å². The number of carbonyl (C=O) groups excluding carboxylic acids is 3. The van der Waals surface area contributed by atoms with Crippen molar-refractivity contribution < 1.29 is 29.0 Å². The zero-order chi connectivity index (χ0) is 29.1. The number of ketones is 1. The van der Waals surface area contributed by atoms with Crippen molar-refractivity contribution in [2.24, 2.45) is 0 Å². The van der Waals surface area contributed by atoms with Crippen LogP contribution in [0.3, 0.4) is 0 Å². The summed E-state index contributed by atoms with van der Waals surface area (Å²) in [5.74, 6) is -0.267. The zero-order valence-corrected chi connectivity index (χ0v) is 23.8. The standard InChI is InChI=1S/C30H43N3O6/c1-29(2,3)38-27(36)32-23(17-21-13-9-7-10-14-21)25(34)19-31-20-26(35)24(18-22-15-11-8-12-16-22)33-28(37)39-30(4,5)6/h7-16,23-25,31,34H,17-20H2,1-6H3,(H,32,36)(H,33,37)/t23-,24-,25+/m0/s1. The molecule has 0 aliphatic rings. The maximum Gasteiger partial charge on any atom is 0.408 e. The van der Waals surface area contributed by atoms with Crippen LogP contribution in [0.2, 0.25) is 0 Å². The summed E-state index contributed by atoms with van der Waals surface area (Å²) in [5.41, 5.74) is 0.419. The van der Waals surface area contributed by atoms with Crippen molar-refractivity contribution in [2.75, 3.05) is 13.1 Å². The third-order valence-electron chi connectivity index (χ3n) is 5.48. The molecule has 39 heavy (non-hydrogen) atoms. The van der Waals surface area contributed by atoms with Gasteiger partial charge < -0.3 is 30.5 Å². The predicted molar refractivity (Wildman–Crippen MR) is 150 cm³/mol. The van der Waals surface area contributed by atoms with E-state index in [0.717, 1.165) is 11.1 Å². The van der Waals surface area contributed by atoms with Crippen LogP contribution in [0.25, 0.3) is 0 Å². The Labute approximate surface area is 231 Å². The first-order valence-electron chi connectivity index (χ1n) is 13.2. The molecule has 2 aromatic rings. The second-order valence-electron chi connectivity index (χ2n) is 11.5. The van der Waals surface area contributed by atoms with Crippen LogP contribution in [-0.2, 0) is 27.1 Å². The number of nitrogens with one attached hydrogen (secondary N) is 3. The highest BCUT2D eigenvalue weighted by atomic mass is 16.6. The maximum absolute atomic E-state index is 13.1. The highest BCUT2D eigenvalue weighted by Crippen LogP contribution is 2.11. The second kappa shape index (κ2) is 14.6. The normalized spacial score (nSPS) is 14.0. The van der Waals surface area contributed by atoms with Gasteiger partial charge >= 0.3 is 12.2 Å². The molecule has 0 aliphatic heterocycles. The molecule has 2 amide bonds. The van der Waals surface area contributed by atoms with Gasteiger partial charge in [0.05, 0.1) is 24.7 Å². The number of benzene rings is 2. The van der Waals surface area contributed by atoms with E-state index < -0.39 is 41.6 Å². The summed E-state index contributed by atoms with van der Waals surface area (Å²) in [6.45, 7) is 10.5. The minimum Gasteiger partial charge on any atom is -0.444 e. The van der Waals surface area contributed by atoms with E-state index in [4.69, 9.17) is 9.47 Å². The average Bonchev–Trinajstić information content (AvgIpc) is 2.82. The van der Waals surface area contributed by atoms with Crippen molar-refractivity contribution in [3.8, 4) is 0 Å². The number of rotatable bonds is 12. The molecule has 9 heteroatoms. The number of alkyl carbamates (subject to hydrolysis) is 2. The molecule has 3 atom stereocenters. The molecule has 0 radical (unpaired) electrons. The van der Waals surface area contributed by atoms with E-state index in [1.807, 2.05) is 60.7 Å². The van der Waals surface area contributed by atoms with E-state index in [0.29, 0.717) is 12.8 Å². The summed E-state index contributed by atoms with van der Waals surface area (Å²) < 4.78 is 10.7.